The maximum atomic E-state index is 12.9. The second kappa shape index (κ2) is 11.3. The minimum absolute atomic E-state index is 0.0484. The van der Waals surface area contributed by atoms with Crippen molar-refractivity contribution >= 4 is 23.5 Å². The standard InChI is InChI=1S/C27H32N4O5/c1-4-36-23-8-6-5-7-21(23)25-24(26(33)35-3)22(28-27(34)29-25)17-30-13-15-31(16-14-30)20-11-9-19(10-12-20)18(2)32/h5-12,25H,4,13-17H2,1-3H3,(H2,28,29,34)/t25-/m0/s1. The van der Waals surface area contributed by atoms with Gasteiger partial charge in [-0.3, -0.25) is 9.69 Å². The predicted molar refractivity (Wildman–Crippen MR) is 136 cm³/mol. The number of urea groups is 1. The number of methoxy groups -OCH3 is 1. The summed E-state index contributed by atoms with van der Waals surface area (Å²) in [4.78, 5) is 41.6. The van der Waals surface area contributed by atoms with Crippen LogP contribution in [0, 0.1) is 0 Å². The van der Waals surface area contributed by atoms with Crippen LogP contribution in [0.15, 0.2) is 59.8 Å². The van der Waals surface area contributed by atoms with Crippen molar-refractivity contribution in [3.8, 4) is 5.75 Å². The first-order valence-electron chi connectivity index (χ1n) is 12.1. The molecule has 2 amide bonds. The molecular formula is C27H32N4O5. The number of rotatable bonds is 8. The van der Waals surface area contributed by atoms with E-state index >= 15 is 0 Å². The van der Waals surface area contributed by atoms with Crippen molar-refractivity contribution in [3.63, 3.8) is 0 Å². The van der Waals surface area contributed by atoms with E-state index in [2.05, 4.69) is 20.4 Å². The Balaban J connectivity index is 1.54. The Hall–Kier alpha value is -3.85. The Bertz CT molecular complexity index is 1150. The van der Waals surface area contributed by atoms with Crippen molar-refractivity contribution in [2.24, 2.45) is 0 Å². The minimum atomic E-state index is -0.690. The van der Waals surface area contributed by atoms with E-state index in [9.17, 15) is 14.4 Å². The molecule has 2 aliphatic rings. The van der Waals surface area contributed by atoms with Crippen molar-refractivity contribution in [2.45, 2.75) is 19.9 Å². The number of Topliss-reactive ketones (excluding diaryl/α,β-unsaturated/α-hetero) is 1. The predicted octanol–water partition coefficient (Wildman–Crippen LogP) is 2.89. The van der Waals surface area contributed by atoms with Crippen LogP contribution in [0.1, 0.15) is 35.8 Å². The molecule has 4 rings (SSSR count). The molecule has 0 spiro atoms. The highest BCUT2D eigenvalue weighted by molar-refractivity contribution is 5.95. The third kappa shape index (κ3) is 5.52. The summed E-state index contributed by atoms with van der Waals surface area (Å²) in [6, 6.07) is 13.9. The highest BCUT2D eigenvalue weighted by atomic mass is 16.5. The zero-order chi connectivity index (χ0) is 25.7. The van der Waals surface area contributed by atoms with E-state index in [4.69, 9.17) is 9.47 Å². The van der Waals surface area contributed by atoms with E-state index in [-0.39, 0.29) is 11.8 Å². The average molecular weight is 493 g/mol. The summed E-state index contributed by atoms with van der Waals surface area (Å²) in [5.41, 5.74) is 3.36. The van der Waals surface area contributed by atoms with E-state index in [0.717, 1.165) is 31.9 Å². The van der Waals surface area contributed by atoms with Crippen LogP contribution in [0.25, 0.3) is 0 Å². The number of carbonyl (C=O) groups excluding carboxylic acids is 3. The minimum Gasteiger partial charge on any atom is -0.494 e. The quantitative estimate of drug-likeness (QED) is 0.432. The first-order valence-corrected chi connectivity index (χ1v) is 12.1. The number of carbonyl (C=O) groups is 3. The topological polar surface area (TPSA) is 100 Å². The molecule has 0 aromatic heterocycles. The van der Waals surface area contributed by atoms with E-state index in [0.29, 0.717) is 41.3 Å². The second-order valence-corrected chi connectivity index (χ2v) is 8.75. The molecule has 9 nitrogen and oxygen atoms in total. The molecule has 2 aromatic rings. The Morgan fingerprint density at radius 1 is 1.03 bits per heavy atom. The molecular weight excluding hydrogens is 460 g/mol. The summed E-state index contributed by atoms with van der Waals surface area (Å²) in [6.45, 7) is 7.37. The summed E-state index contributed by atoms with van der Waals surface area (Å²) >= 11 is 0. The van der Waals surface area contributed by atoms with Gasteiger partial charge in [0.1, 0.15) is 5.75 Å². The number of anilines is 1. The van der Waals surface area contributed by atoms with Gasteiger partial charge in [-0.15, -0.1) is 0 Å². The number of esters is 1. The van der Waals surface area contributed by atoms with Crippen LogP contribution in [-0.2, 0) is 9.53 Å². The van der Waals surface area contributed by atoms with Gasteiger partial charge >= 0.3 is 12.0 Å². The summed E-state index contributed by atoms with van der Waals surface area (Å²) < 4.78 is 10.9. The fourth-order valence-corrected chi connectivity index (χ4v) is 4.63. The fraction of sp³-hybridized carbons (Fsp3) is 0.370. The van der Waals surface area contributed by atoms with Crippen LogP contribution in [0.5, 0.6) is 5.75 Å². The van der Waals surface area contributed by atoms with Crippen LogP contribution in [-0.4, -0.2) is 69.1 Å². The molecule has 190 valence electrons. The number of nitrogens with one attached hydrogen (secondary N) is 2. The van der Waals surface area contributed by atoms with E-state index in [1.807, 2.05) is 55.5 Å². The molecule has 2 heterocycles. The van der Waals surface area contributed by atoms with Gasteiger partial charge in [-0.05, 0) is 44.2 Å². The summed E-state index contributed by atoms with van der Waals surface area (Å²) in [6.07, 6.45) is 0. The number of hydrogen-bond acceptors (Lipinski definition) is 7. The van der Waals surface area contributed by atoms with Crippen molar-refractivity contribution in [3.05, 3.63) is 70.9 Å². The maximum absolute atomic E-state index is 12.9. The smallest absolute Gasteiger partial charge is 0.338 e. The van der Waals surface area contributed by atoms with Crippen molar-refractivity contribution in [1.29, 1.82) is 0 Å². The molecule has 1 atom stereocenters. The van der Waals surface area contributed by atoms with Gasteiger partial charge < -0.3 is 25.0 Å². The largest absolute Gasteiger partial charge is 0.494 e. The van der Waals surface area contributed by atoms with Gasteiger partial charge in [0.25, 0.3) is 0 Å². The number of benzene rings is 2. The van der Waals surface area contributed by atoms with Crippen molar-refractivity contribution in [1.82, 2.24) is 15.5 Å². The lowest BCUT2D eigenvalue weighted by molar-refractivity contribution is -0.136. The highest BCUT2D eigenvalue weighted by Gasteiger charge is 2.35. The van der Waals surface area contributed by atoms with E-state index in [1.165, 1.54) is 7.11 Å². The number of nitrogens with zero attached hydrogens (tertiary/aromatic N) is 2. The molecule has 36 heavy (non-hydrogen) atoms. The SMILES string of the molecule is CCOc1ccccc1[C@@H]1NC(=O)NC(CN2CCN(c3ccc(C(C)=O)cc3)CC2)=C1C(=O)OC. The molecule has 0 unspecified atom stereocenters. The van der Waals surface area contributed by atoms with Gasteiger partial charge in [-0.1, -0.05) is 18.2 Å². The van der Waals surface area contributed by atoms with Crippen LogP contribution >= 0.6 is 0 Å². The van der Waals surface area contributed by atoms with Crippen molar-refractivity contribution < 1.29 is 23.9 Å². The molecule has 0 saturated carbocycles. The van der Waals surface area contributed by atoms with Gasteiger partial charge in [0, 0.05) is 55.2 Å². The maximum Gasteiger partial charge on any atom is 0.338 e. The Labute approximate surface area is 211 Å². The number of ether oxygens (including phenoxy) is 2. The monoisotopic (exact) mass is 492 g/mol. The van der Waals surface area contributed by atoms with Crippen LogP contribution in [0.4, 0.5) is 10.5 Å². The van der Waals surface area contributed by atoms with Crippen molar-refractivity contribution in [2.75, 3.05) is 51.3 Å². The average Bonchev–Trinajstić information content (AvgIpc) is 2.89. The van der Waals surface area contributed by atoms with Gasteiger partial charge in [0.15, 0.2) is 5.78 Å². The molecule has 2 N–H and O–H groups in total. The molecule has 9 heteroatoms. The summed E-state index contributed by atoms with van der Waals surface area (Å²) in [5.74, 6) is 0.155. The van der Waals surface area contributed by atoms with Crippen LogP contribution < -0.4 is 20.3 Å². The first kappa shape index (κ1) is 25.2. The zero-order valence-corrected chi connectivity index (χ0v) is 20.9. The second-order valence-electron chi connectivity index (χ2n) is 8.75. The molecule has 0 bridgehead atoms. The lowest BCUT2D eigenvalue weighted by Gasteiger charge is -2.38. The van der Waals surface area contributed by atoms with E-state index < -0.39 is 12.0 Å². The third-order valence-electron chi connectivity index (χ3n) is 6.48. The number of ketones is 1. The Morgan fingerprint density at radius 2 is 1.72 bits per heavy atom. The molecule has 2 aliphatic heterocycles. The normalized spacial score (nSPS) is 18.4. The molecule has 2 aromatic carbocycles. The van der Waals surface area contributed by atoms with Gasteiger partial charge in [0.2, 0.25) is 0 Å². The molecule has 1 saturated heterocycles. The number of piperazine rings is 1. The van der Waals surface area contributed by atoms with E-state index in [1.54, 1.807) is 6.92 Å². The van der Waals surface area contributed by atoms with Gasteiger partial charge in [0.05, 0.1) is 25.3 Å². The highest BCUT2D eigenvalue weighted by Crippen LogP contribution is 2.34. The summed E-state index contributed by atoms with van der Waals surface area (Å²) in [5, 5.41) is 5.71. The lowest BCUT2D eigenvalue weighted by Crippen LogP contribution is -2.51. The third-order valence-corrected chi connectivity index (χ3v) is 6.48. The number of hydrogen-bond donors (Lipinski definition) is 2. The number of para-hydroxylation sites is 1. The number of amides is 2. The molecule has 1 fully saturated rings. The zero-order valence-electron chi connectivity index (χ0n) is 20.9. The fourth-order valence-electron chi connectivity index (χ4n) is 4.63. The molecule has 0 radical (unpaired) electrons. The first-order chi connectivity index (χ1) is 17.4. The van der Waals surface area contributed by atoms with Crippen LogP contribution in [0.2, 0.25) is 0 Å². The van der Waals surface area contributed by atoms with Gasteiger partial charge in [-0.2, -0.15) is 0 Å². The lowest BCUT2D eigenvalue weighted by atomic mass is 9.94. The Morgan fingerprint density at radius 3 is 2.36 bits per heavy atom. The van der Waals surface area contributed by atoms with Gasteiger partial charge in [-0.25, -0.2) is 9.59 Å². The van der Waals surface area contributed by atoms with Crippen LogP contribution in [0.3, 0.4) is 0 Å². The summed E-state index contributed by atoms with van der Waals surface area (Å²) in [7, 11) is 1.34. The Kier molecular flexibility index (Phi) is 7.90. The molecule has 0 aliphatic carbocycles.